The third-order valence-electron chi connectivity index (χ3n) is 7.15. The van der Waals surface area contributed by atoms with Crippen LogP contribution in [0.4, 0.5) is 29.2 Å². The first-order valence-electron chi connectivity index (χ1n) is 15.0. The first-order valence-corrected chi connectivity index (χ1v) is 15.4. The Balaban J connectivity index is 0.000000173. The topological polar surface area (TPSA) is 212 Å². The number of ether oxygens (including phenoxy) is 2. The number of nitrogens with zero attached hydrogens (tertiary/aromatic N) is 10. The van der Waals surface area contributed by atoms with Crippen LogP contribution in [0.2, 0.25) is 5.15 Å². The summed E-state index contributed by atoms with van der Waals surface area (Å²) >= 11 is 5.91. The van der Waals surface area contributed by atoms with Crippen LogP contribution in [0.25, 0.3) is 33.6 Å². The lowest BCUT2D eigenvalue weighted by Crippen LogP contribution is -2.37. The number of amides is 2. The van der Waals surface area contributed by atoms with Gasteiger partial charge in [0.2, 0.25) is 23.7 Å². The zero-order valence-corrected chi connectivity index (χ0v) is 26.9. The lowest BCUT2D eigenvalue weighted by atomic mass is 10.1. The summed E-state index contributed by atoms with van der Waals surface area (Å²) in [4.78, 5) is 61.7. The number of nitrogens with one attached hydrogen (secondary N) is 2. The number of carbonyl (C=O) groups is 2. The fourth-order valence-electron chi connectivity index (χ4n) is 4.98. The number of halogens is 1. The summed E-state index contributed by atoms with van der Waals surface area (Å²) < 4.78 is 10.8. The van der Waals surface area contributed by atoms with Crippen molar-refractivity contribution in [3.63, 3.8) is 0 Å². The van der Waals surface area contributed by atoms with Gasteiger partial charge in [0.05, 0.1) is 44.5 Å². The van der Waals surface area contributed by atoms with E-state index in [9.17, 15) is 9.59 Å². The molecule has 4 N–H and O–H groups in total. The van der Waals surface area contributed by atoms with E-state index in [2.05, 4.69) is 50.4 Å². The summed E-state index contributed by atoms with van der Waals surface area (Å²) in [5.74, 6) is 1.16. The monoisotopic (exact) mass is 673 g/mol. The van der Waals surface area contributed by atoms with Gasteiger partial charge >= 0.3 is 0 Å². The highest BCUT2D eigenvalue weighted by atomic mass is 35.5. The molecule has 2 amide bonds. The predicted octanol–water partition coefficient (Wildman–Crippen LogP) is 2.33. The minimum atomic E-state index is -0.246. The maximum absolute atomic E-state index is 11.4. The molecule has 2 fully saturated rings. The fraction of sp³-hybridized carbons (Fsp3) is 0.333. The van der Waals surface area contributed by atoms with Gasteiger partial charge in [-0.05, 0) is 12.1 Å². The zero-order chi connectivity index (χ0) is 33.6. The molecule has 18 heteroatoms. The van der Waals surface area contributed by atoms with Crippen molar-refractivity contribution in [3.8, 4) is 11.3 Å². The summed E-state index contributed by atoms with van der Waals surface area (Å²) in [6.07, 6.45) is 3.07. The Kier molecular flexibility index (Phi) is 9.88. The Morgan fingerprint density at radius 1 is 0.708 bits per heavy atom. The summed E-state index contributed by atoms with van der Waals surface area (Å²) in [6.45, 7) is 7.95. The summed E-state index contributed by atoms with van der Waals surface area (Å²) in [5, 5.41) is 5.47. The van der Waals surface area contributed by atoms with Gasteiger partial charge in [-0.15, -0.1) is 0 Å². The van der Waals surface area contributed by atoms with Gasteiger partial charge in [-0.25, -0.2) is 19.9 Å². The summed E-state index contributed by atoms with van der Waals surface area (Å²) in [7, 11) is 0. The molecule has 0 aliphatic carbocycles. The first kappa shape index (κ1) is 32.5. The normalized spacial score (nSPS) is 14.7. The third-order valence-corrected chi connectivity index (χ3v) is 7.33. The average molecular weight is 674 g/mol. The molecule has 0 radical (unpaired) electrons. The Morgan fingerprint density at radius 3 is 1.69 bits per heavy atom. The van der Waals surface area contributed by atoms with Crippen molar-refractivity contribution >= 4 is 75.0 Å². The minimum absolute atomic E-state index is 0.202. The van der Waals surface area contributed by atoms with Crippen LogP contribution in [0.3, 0.4) is 0 Å². The molecule has 0 atom stereocenters. The molecule has 2 saturated heterocycles. The number of nitrogens with two attached hydrogens (primary N) is 1. The maximum Gasteiger partial charge on any atom is 0.233 e. The molecular formula is C30H32ClN13O4. The van der Waals surface area contributed by atoms with Crippen LogP contribution in [0, 0.1) is 0 Å². The number of fused-ring (bicyclic) bond motifs is 2. The minimum Gasteiger partial charge on any atom is -0.399 e. The smallest absolute Gasteiger partial charge is 0.233 e. The Morgan fingerprint density at radius 2 is 1.19 bits per heavy atom. The van der Waals surface area contributed by atoms with E-state index in [1.54, 1.807) is 6.20 Å². The highest BCUT2D eigenvalue weighted by Gasteiger charge is 2.21. The molecule has 7 rings (SSSR count). The van der Waals surface area contributed by atoms with Crippen LogP contribution in [0.5, 0.6) is 0 Å². The van der Waals surface area contributed by atoms with Crippen LogP contribution in [0.15, 0.2) is 36.7 Å². The number of benzene rings is 1. The number of aromatic nitrogens is 8. The first-order chi connectivity index (χ1) is 23.2. The van der Waals surface area contributed by atoms with Crippen molar-refractivity contribution in [1.82, 2.24) is 39.9 Å². The molecule has 0 spiro atoms. The second kappa shape index (κ2) is 14.6. The molecule has 4 aromatic heterocycles. The number of hydrogen-bond donors (Lipinski definition) is 3. The van der Waals surface area contributed by atoms with Crippen molar-refractivity contribution < 1.29 is 19.1 Å². The Labute approximate surface area is 279 Å². The SMILES string of the molecule is CC(=O)Nc1nc(N2CCOCC2)c2nc(-c3ccc(N)cc3)cnc2n1.CC(=O)Nc1nc(N2CCOCC2)c2nc(Cl)cnc2n1. The van der Waals surface area contributed by atoms with Gasteiger partial charge in [0, 0.05) is 51.3 Å². The second-order valence-electron chi connectivity index (χ2n) is 10.7. The summed E-state index contributed by atoms with van der Waals surface area (Å²) in [5.41, 5.74) is 9.96. The van der Waals surface area contributed by atoms with E-state index in [0.29, 0.717) is 98.0 Å². The average Bonchev–Trinajstić information content (AvgIpc) is 3.08. The van der Waals surface area contributed by atoms with Crippen LogP contribution < -0.4 is 26.2 Å². The molecule has 248 valence electrons. The van der Waals surface area contributed by atoms with Crippen LogP contribution in [-0.4, -0.2) is 104 Å². The highest BCUT2D eigenvalue weighted by molar-refractivity contribution is 6.29. The van der Waals surface area contributed by atoms with Gasteiger partial charge in [0.15, 0.2) is 34.0 Å². The Hall–Kier alpha value is -5.39. The van der Waals surface area contributed by atoms with Gasteiger partial charge in [-0.2, -0.15) is 19.9 Å². The number of nitrogen functional groups attached to an aromatic ring is 1. The van der Waals surface area contributed by atoms with Crippen LogP contribution >= 0.6 is 11.6 Å². The number of rotatable bonds is 5. The maximum atomic E-state index is 11.4. The van der Waals surface area contributed by atoms with E-state index in [1.807, 2.05) is 29.2 Å². The van der Waals surface area contributed by atoms with Crippen molar-refractivity contribution in [2.75, 3.05) is 78.8 Å². The van der Waals surface area contributed by atoms with Crippen molar-refractivity contribution in [2.45, 2.75) is 13.8 Å². The molecule has 17 nitrogen and oxygen atoms in total. The summed E-state index contributed by atoms with van der Waals surface area (Å²) in [6, 6.07) is 7.43. The van der Waals surface area contributed by atoms with E-state index in [1.165, 1.54) is 20.0 Å². The van der Waals surface area contributed by atoms with Gasteiger partial charge in [-0.3, -0.25) is 20.2 Å². The molecule has 0 saturated carbocycles. The molecule has 0 bridgehead atoms. The van der Waals surface area contributed by atoms with Crippen LogP contribution in [-0.2, 0) is 19.1 Å². The molecule has 2 aliphatic rings. The number of morpholine rings is 2. The van der Waals surface area contributed by atoms with E-state index in [0.717, 1.165) is 5.56 Å². The highest BCUT2D eigenvalue weighted by Crippen LogP contribution is 2.27. The molecule has 6 heterocycles. The van der Waals surface area contributed by atoms with Gasteiger partial charge in [0.1, 0.15) is 5.15 Å². The quantitative estimate of drug-likeness (QED) is 0.228. The molecule has 2 aliphatic heterocycles. The fourth-order valence-corrected chi connectivity index (χ4v) is 5.11. The standard InChI is InChI=1S/C18H19N7O2.C12H13ClN6O2/c1-11(26)21-18-23-16-15(17(24-18)25-6-8-27-9-7-25)22-14(10-20-16)12-2-4-13(19)5-3-12;1-7(20)15-12-17-10-9(16-8(13)6-14-10)11(18-12)19-2-4-21-5-3-19/h2-5,10H,6-9,19H2,1H3,(H,20,21,23,24,26);6H,2-5H2,1H3,(H,14,15,17,18,20). The molecule has 0 unspecified atom stereocenters. The lowest BCUT2D eigenvalue weighted by molar-refractivity contribution is -0.115. The van der Waals surface area contributed by atoms with E-state index >= 15 is 0 Å². The van der Waals surface area contributed by atoms with Gasteiger partial charge in [0.25, 0.3) is 0 Å². The molecule has 48 heavy (non-hydrogen) atoms. The van der Waals surface area contributed by atoms with Gasteiger partial charge < -0.3 is 25.0 Å². The molecule has 5 aromatic rings. The molecule has 1 aromatic carbocycles. The van der Waals surface area contributed by atoms with Crippen LogP contribution in [0.1, 0.15) is 13.8 Å². The Bertz CT molecular complexity index is 1950. The lowest BCUT2D eigenvalue weighted by Gasteiger charge is -2.28. The second-order valence-corrected chi connectivity index (χ2v) is 11.1. The number of anilines is 5. The zero-order valence-electron chi connectivity index (χ0n) is 26.2. The van der Waals surface area contributed by atoms with Crippen molar-refractivity contribution in [1.29, 1.82) is 0 Å². The van der Waals surface area contributed by atoms with E-state index < -0.39 is 0 Å². The third kappa shape index (κ3) is 7.76. The van der Waals surface area contributed by atoms with Crippen molar-refractivity contribution in [3.05, 3.63) is 41.8 Å². The largest absolute Gasteiger partial charge is 0.399 e. The predicted molar refractivity (Wildman–Crippen MR) is 180 cm³/mol. The number of hydrogen-bond acceptors (Lipinski definition) is 15. The molecular weight excluding hydrogens is 642 g/mol. The van der Waals surface area contributed by atoms with E-state index in [-0.39, 0.29) is 28.9 Å². The van der Waals surface area contributed by atoms with Gasteiger partial charge in [-0.1, -0.05) is 23.7 Å². The van der Waals surface area contributed by atoms with E-state index in [4.69, 9.17) is 31.8 Å². The number of carbonyl (C=O) groups excluding carboxylic acids is 2. The van der Waals surface area contributed by atoms with Crippen molar-refractivity contribution in [2.24, 2.45) is 0 Å².